The molecule has 5 heteroatoms. The molecule has 0 spiro atoms. The van der Waals surface area contributed by atoms with Gasteiger partial charge in [-0.2, -0.15) is 0 Å². The fraction of sp³-hybridized carbons (Fsp3) is 0.524. The maximum Gasteiger partial charge on any atom is 0.165 e. The molecule has 1 saturated heterocycles. The summed E-state index contributed by atoms with van der Waals surface area (Å²) < 4.78 is 5.97. The number of furan rings is 1. The Bertz CT molecular complexity index is 700. The molecule has 2 aromatic rings. The molecule has 0 unspecified atom stereocenters. The van der Waals surface area contributed by atoms with Crippen molar-refractivity contribution in [3.8, 4) is 0 Å². The van der Waals surface area contributed by atoms with Gasteiger partial charge in [-0.25, -0.2) is 0 Å². The van der Waals surface area contributed by atoms with Gasteiger partial charge in [0.1, 0.15) is 5.76 Å². The molecule has 1 aromatic carbocycles. The summed E-state index contributed by atoms with van der Waals surface area (Å²) in [5.41, 5.74) is 0.918. The number of aryl methyl sites for hydroxylation is 1. The minimum atomic E-state index is -0.488. The lowest BCUT2D eigenvalue weighted by molar-refractivity contribution is -0.0813. The average molecular weight is 376 g/mol. The van der Waals surface area contributed by atoms with E-state index in [2.05, 4.69) is 43.0 Å². The lowest BCUT2D eigenvalue weighted by Gasteiger charge is -2.44. The SMILES string of the molecule is CCC[C@]1(CO)CCN(Cc2ccc(Sc3ccc(C)cc3)o2)C[C@@H]1O. The monoisotopic (exact) mass is 375 g/mol. The number of rotatable bonds is 7. The first-order valence-electron chi connectivity index (χ1n) is 9.39. The first-order chi connectivity index (χ1) is 12.5. The van der Waals surface area contributed by atoms with Gasteiger partial charge in [-0.15, -0.1) is 0 Å². The summed E-state index contributed by atoms with van der Waals surface area (Å²) in [7, 11) is 0. The highest BCUT2D eigenvalue weighted by molar-refractivity contribution is 7.99. The third-order valence-corrected chi connectivity index (χ3v) is 6.31. The van der Waals surface area contributed by atoms with Gasteiger partial charge < -0.3 is 14.6 Å². The first kappa shape index (κ1) is 19.5. The summed E-state index contributed by atoms with van der Waals surface area (Å²) in [5.74, 6) is 0.916. The molecule has 0 aliphatic carbocycles. The molecule has 1 fully saturated rings. The van der Waals surface area contributed by atoms with Gasteiger partial charge in [0.25, 0.3) is 0 Å². The quantitative estimate of drug-likeness (QED) is 0.763. The summed E-state index contributed by atoms with van der Waals surface area (Å²) >= 11 is 1.62. The van der Waals surface area contributed by atoms with E-state index in [4.69, 9.17) is 4.42 Å². The van der Waals surface area contributed by atoms with Crippen LogP contribution in [0.25, 0.3) is 0 Å². The largest absolute Gasteiger partial charge is 0.453 e. The lowest BCUT2D eigenvalue weighted by Crippen LogP contribution is -2.52. The zero-order chi connectivity index (χ0) is 18.6. The summed E-state index contributed by atoms with van der Waals surface area (Å²) in [6.45, 7) is 6.40. The molecular formula is C21H29NO3S. The van der Waals surface area contributed by atoms with E-state index in [1.165, 1.54) is 5.56 Å². The van der Waals surface area contributed by atoms with Crippen molar-refractivity contribution >= 4 is 11.8 Å². The van der Waals surface area contributed by atoms with Crippen molar-refractivity contribution in [1.82, 2.24) is 4.90 Å². The second-order valence-corrected chi connectivity index (χ2v) is 8.49. The van der Waals surface area contributed by atoms with Crippen LogP contribution in [0.5, 0.6) is 0 Å². The van der Waals surface area contributed by atoms with Crippen molar-refractivity contribution < 1.29 is 14.6 Å². The minimum Gasteiger partial charge on any atom is -0.453 e. The van der Waals surface area contributed by atoms with Crippen LogP contribution in [0.15, 0.2) is 50.8 Å². The predicted octanol–water partition coefficient (Wildman–Crippen LogP) is 4.08. The maximum atomic E-state index is 10.6. The van der Waals surface area contributed by atoms with Crippen LogP contribution in [0.1, 0.15) is 37.5 Å². The van der Waals surface area contributed by atoms with Gasteiger partial charge in [-0.1, -0.05) is 42.8 Å². The van der Waals surface area contributed by atoms with Crippen LogP contribution in [0.2, 0.25) is 0 Å². The van der Waals surface area contributed by atoms with Gasteiger partial charge in [0.05, 0.1) is 19.3 Å². The number of aliphatic hydroxyl groups excluding tert-OH is 2. The van der Waals surface area contributed by atoms with Crippen LogP contribution in [-0.2, 0) is 6.54 Å². The van der Waals surface area contributed by atoms with Crippen molar-refractivity contribution in [1.29, 1.82) is 0 Å². The molecule has 1 aliphatic heterocycles. The molecule has 1 aliphatic rings. The molecule has 26 heavy (non-hydrogen) atoms. The molecule has 0 saturated carbocycles. The third-order valence-electron chi connectivity index (χ3n) is 5.38. The number of β-amino-alcohol motifs (C(OH)–C–C–N with tert-alkyl or cyclic N) is 1. The van der Waals surface area contributed by atoms with Crippen molar-refractivity contribution in [2.24, 2.45) is 5.41 Å². The van der Waals surface area contributed by atoms with Crippen molar-refractivity contribution in [3.63, 3.8) is 0 Å². The molecule has 0 radical (unpaired) electrons. The second kappa shape index (κ2) is 8.61. The molecule has 0 bridgehead atoms. The Morgan fingerprint density at radius 2 is 2.00 bits per heavy atom. The lowest BCUT2D eigenvalue weighted by atomic mass is 9.73. The number of aliphatic hydroxyl groups is 2. The van der Waals surface area contributed by atoms with E-state index in [-0.39, 0.29) is 12.0 Å². The van der Waals surface area contributed by atoms with Gasteiger partial charge in [0, 0.05) is 16.9 Å². The summed E-state index contributed by atoms with van der Waals surface area (Å²) in [6.07, 6.45) is 2.19. The highest BCUT2D eigenvalue weighted by atomic mass is 32.2. The molecule has 2 atom stereocenters. The van der Waals surface area contributed by atoms with E-state index in [1.807, 2.05) is 12.1 Å². The number of hydrogen-bond acceptors (Lipinski definition) is 5. The second-order valence-electron chi connectivity index (χ2n) is 7.41. The van der Waals surface area contributed by atoms with E-state index < -0.39 is 6.10 Å². The number of likely N-dealkylation sites (tertiary alicyclic amines) is 1. The van der Waals surface area contributed by atoms with Crippen LogP contribution in [-0.4, -0.2) is 40.9 Å². The van der Waals surface area contributed by atoms with Gasteiger partial charge in [-0.3, -0.25) is 4.90 Å². The molecule has 2 heterocycles. The standard InChI is InChI=1S/C21H29NO3S/c1-3-10-21(15-23)11-12-22(14-19(21)24)13-17-6-9-20(25-17)26-18-7-4-16(2)5-8-18/h4-9,19,23-24H,3,10-15H2,1-2H3/t19-,21+/m0/s1. The van der Waals surface area contributed by atoms with Crippen LogP contribution in [0, 0.1) is 12.3 Å². The molecule has 4 nitrogen and oxygen atoms in total. The van der Waals surface area contributed by atoms with Gasteiger partial charge in [0.15, 0.2) is 5.09 Å². The van der Waals surface area contributed by atoms with E-state index >= 15 is 0 Å². The number of hydrogen-bond donors (Lipinski definition) is 2. The van der Waals surface area contributed by atoms with Crippen molar-refractivity contribution in [3.05, 3.63) is 47.7 Å². The summed E-state index contributed by atoms with van der Waals surface area (Å²) in [5, 5.41) is 21.3. The zero-order valence-corrected chi connectivity index (χ0v) is 16.5. The fourth-order valence-electron chi connectivity index (χ4n) is 3.71. The summed E-state index contributed by atoms with van der Waals surface area (Å²) in [6, 6.07) is 12.4. The Morgan fingerprint density at radius 3 is 2.65 bits per heavy atom. The van der Waals surface area contributed by atoms with Gasteiger partial charge in [0.2, 0.25) is 0 Å². The molecule has 2 N–H and O–H groups in total. The normalized spacial score (nSPS) is 24.1. The van der Waals surface area contributed by atoms with Crippen LogP contribution in [0.3, 0.4) is 0 Å². The van der Waals surface area contributed by atoms with E-state index in [9.17, 15) is 10.2 Å². The highest BCUT2D eigenvalue weighted by Crippen LogP contribution is 2.37. The average Bonchev–Trinajstić information content (AvgIpc) is 3.06. The zero-order valence-electron chi connectivity index (χ0n) is 15.6. The number of piperidine rings is 1. The third kappa shape index (κ3) is 4.52. The fourth-order valence-corrected chi connectivity index (χ4v) is 4.50. The van der Waals surface area contributed by atoms with Crippen molar-refractivity contribution in [2.45, 2.75) is 55.7 Å². The predicted molar refractivity (Wildman–Crippen MR) is 104 cm³/mol. The Kier molecular flexibility index (Phi) is 6.46. The summed E-state index contributed by atoms with van der Waals surface area (Å²) in [4.78, 5) is 3.38. The van der Waals surface area contributed by atoms with Crippen LogP contribution < -0.4 is 0 Å². The first-order valence-corrected chi connectivity index (χ1v) is 10.2. The Hall–Kier alpha value is -1.27. The molecule has 3 rings (SSSR count). The van der Waals surface area contributed by atoms with E-state index in [0.29, 0.717) is 13.1 Å². The van der Waals surface area contributed by atoms with Crippen LogP contribution in [0.4, 0.5) is 0 Å². The Balaban J connectivity index is 1.57. The van der Waals surface area contributed by atoms with Crippen molar-refractivity contribution in [2.75, 3.05) is 19.7 Å². The van der Waals surface area contributed by atoms with E-state index in [0.717, 1.165) is 41.6 Å². The highest BCUT2D eigenvalue weighted by Gasteiger charge is 2.41. The molecule has 1 aromatic heterocycles. The smallest absolute Gasteiger partial charge is 0.165 e. The number of nitrogens with zero attached hydrogens (tertiary/aromatic N) is 1. The molecule has 142 valence electrons. The maximum absolute atomic E-state index is 10.6. The Morgan fingerprint density at radius 1 is 1.23 bits per heavy atom. The topological polar surface area (TPSA) is 56.8 Å². The van der Waals surface area contributed by atoms with E-state index in [1.54, 1.807) is 11.8 Å². The van der Waals surface area contributed by atoms with Gasteiger partial charge >= 0.3 is 0 Å². The Labute approximate surface area is 160 Å². The van der Waals surface area contributed by atoms with Crippen LogP contribution >= 0.6 is 11.8 Å². The molecular weight excluding hydrogens is 346 g/mol. The minimum absolute atomic E-state index is 0.0634. The van der Waals surface area contributed by atoms with Gasteiger partial charge in [-0.05, 0) is 50.6 Å². The number of benzene rings is 1. The molecule has 0 amide bonds.